The summed E-state index contributed by atoms with van der Waals surface area (Å²) < 4.78 is 38.1. The molecule has 2 atom stereocenters. The first-order valence-electron chi connectivity index (χ1n) is 27.1. The molecule has 16 nitrogen and oxygen atoms in total. The van der Waals surface area contributed by atoms with E-state index in [1.54, 1.807) is 72.7 Å². The van der Waals surface area contributed by atoms with Gasteiger partial charge < -0.3 is 24.9 Å². The van der Waals surface area contributed by atoms with E-state index >= 15 is 0 Å². The van der Waals surface area contributed by atoms with Crippen molar-refractivity contribution in [2.24, 2.45) is 0 Å². The van der Waals surface area contributed by atoms with Gasteiger partial charge in [0.25, 0.3) is 0 Å². The molecule has 0 spiro atoms. The number of aromatic nitrogens is 8. The molecule has 0 aliphatic heterocycles. The van der Waals surface area contributed by atoms with Crippen LogP contribution < -0.4 is 0 Å². The average molecular weight is 1110 g/mol. The van der Waals surface area contributed by atoms with Crippen LogP contribution in [0, 0.1) is 0 Å². The van der Waals surface area contributed by atoms with Crippen LogP contribution in [0.25, 0.3) is 0 Å². The zero-order chi connectivity index (χ0) is 59.0. The summed E-state index contributed by atoms with van der Waals surface area (Å²) in [5.41, 5.74) is 4.09. The molecule has 3 amide bonds. The summed E-state index contributed by atoms with van der Waals surface area (Å²) in [7, 11) is 0. The van der Waals surface area contributed by atoms with Gasteiger partial charge in [-0.3, -0.25) is 34.3 Å². The third-order valence-electron chi connectivity index (χ3n) is 12.5. The summed E-state index contributed by atoms with van der Waals surface area (Å²) in [6.45, 7) is 19.1. The number of hydrogen-bond donors (Lipinski definition) is 2. The van der Waals surface area contributed by atoms with Gasteiger partial charge in [0.2, 0.25) is 17.7 Å². The molecular formula is C62H76F3N11O5. The van der Waals surface area contributed by atoms with Gasteiger partial charge in [0.15, 0.2) is 0 Å². The van der Waals surface area contributed by atoms with E-state index in [2.05, 4.69) is 88.3 Å². The Kier molecular flexibility index (Phi) is 24.6. The van der Waals surface area contributed by atoms with E-state index in [1.165, 1.54) is 17.2 Å². The number of carbonyl (C=O) groups excluding carboxylic acids is 3. The minimum Gasteiger partial charge on any atom is -0.386 e. The van der Waals surface area contributed by atoms with E-state index in [0.717, 1.165) is 72.0 Å². The molecule has 0 fully saturated rings. The fraction of sp³-hybridized carbons (Fsp3) is 0.403. The molecule has 19 heteroatoms. The molecule has 2 N–H and O–H groups in total. The molecule has 1 aromatic carbocycles. The molecule has 6 heterocycles. The van der Waals surface area contributed by atoms with Crippen LogP contribution in [0.1, 0.15) is 137 Å². The number of rotatable bonds is 21. The minimum atomic E-state index is -4.53. The number of carbonyl (C=O) groups is 3. The molecule has 7 rings (SSSR count). The van der Waals surface area contributed by atoms with Crippen molar-refractivity contribution in [3.63, 3.8) is 0 Å². The smallest absolute Gasteiger partial charge is 0.386 e. The maximum Gasteiger partial charge on any atom is 0.433 e. The van der Waals surface area contributed by atoms with Crippen LogP contribution in [0.4, 0.5) is 13.2 Å². The van der Waals surface area contributed by atoms with E-state index in [1.807, 2.05) is 66.6 Å². The lowest BCUT2D eigenvalue weighted by Gasteiger charge is -2.26. The normalized spacial score (nSPS) is 12.2. The molecule has 0 aliphatic rings. The van der Waals surface area contributed by atoms with Gasteiger partial charge in [-0.2, -0.15) is 13.2 Å². The van der Waals surface area contributed by atoms with Crippen molar-refractivity contribution in [1.29, 1.82) is 0 Å². The second-order valence-electron chi connectivity index (χ2n) is 21.6. The highest BCUT2D eigenvalue weighted by Crippen LogP contribution is 2.28. The van der Waals surface area contributed by atoms with Crippen LogP contribution in [-0.4, -0.2) is 115 Å². The Labute approximate surface area is 474 Å². The van der Waals surface area contributed by atoms with Crippen molar-refractivity contribution in [3.8, 4) is 0 Å². The number of amides is 3. The highest BCUT2D eigenvalue weighted by Gasteiger charge is 2.32. The molecule has 7 aromatic rings. The van der Waals surface area contributed by atoms with Crippen LogP contribution in [0.3, 0.4) is 0 Å². The summed E-state index contributed by atoms with van der Waals surface area (Å²) in [6.07, 6.45) is 14.8. The van der Waals surface area contributed by atoms with Crippen LogP contribution >= 0.6 is 0 Å². The van der Waals surface area contributed by atoms with Gasteiger partial charge in [0, 0.05) is 116 Å². The summed E-state index contributed by atoms with van der Waals surface area (Å²) in [5, 5.41) is 20.9. The molecule has 81 heavy (non-hydrogen) atoms. The molecule has 0 radical (unpaired) electrons. The molecule has 0 bridgehead atoms. The van der Waals surface area contributed by atoms with Crippen LogP contribution in [0.5, 0.6) is 0 Å². The van der Waals surface area contributed by atoms with Gasteiger partial charge >= 0.3 is 6.18 Å². The predicted molar refractivity (Wildman–Crippen MR) is 304 cm³/mol. The maximum absolute atomic E-state index is 12.9. The molecular weight excluding hydrogens is 1040 g/mol. The number of hydrogen-bond acceptors (Lipinski definition) is 13. The fourth-order valence-corrected chi connectivity index (χ4v) is 8.08. The van der Waals surface area contributed by atoms with Gasteiger partial charge in [0.1, 0.15) is 17.3 Å². The van der Waals surface area contributed by atoms with Crippen molar-refractivity contribution in [2.75, 3.05) is 32.7 Å². The van der Waals surface area contributed by atoms with E-state index in [-0.39, 0.29) is 61.0 Å². The highest BCUT2D eigenvalue weighted by atomic mass is 19.4. The van der Waals surface area contributed by atoms with Crippen molar-refractivity contribution in [1.82, 2.24) is 54.6 Å². The van der Waals surface area contributed by atoms with Crippen molar-refractivity contribution >= 4 is 17.7 Å². The maximum atomic E-state index is 12.9. The van der Waals surface area contributed by atoms with Gasteiger partial charge in [-0.1, -0.05) is 110 Å². The SMILES string of the molecule is CCCN(CC(O)c1cccnc1)C(=O)Cc1cnc(C(C)(C)C)nc1.CCCN(CCc1cccnc1)C(=O)Cc1cnc(C(C)(C)C)nc1.O=C(Cc1ccc(C(F)(F)F)nc1)N(Cc1ccccc1)CC(O)c1cccnc1. The van der Waals surface area contributed by atoms with Gasteiger partial charge in [-0.25, -0.2) is 19.9 Å². The number of aliphatic hydroxyl groups excluding tert-OH is 2. The van der Waals surface area contributed by atoms with E-state index in [9.17, 15) is 37.8 Å². The monoisotopic (exact) mass is 1110 g/mol. The van der Waals surface area contributed by atoms with E-state index in [4.69, 9.17) is 0 Å². The molecule has 2 unspecified atom stereocenters. The lowest BCUT2D eigenvalue weighted by atomic mass is 9.95. The highest BCUT2D eigenvalue weighted by molar-refractivity contribution is 5.79. The third-order valence-corrected chi connectivity index (χ3v) is 12.5. The van der Waals surface area contributed by atoms with Crippen LogP contribution in [0.15, 0.2) is 147 Å². The Balaban J connectivity index is 0.000000224. The second-order valence-corrected chi connectivity index (χ2v) is 21.6. The molecule has 0 saturated carbocycles. The summed E-state index contributed by atoms with van der Waals surface area (Å²) in [4.78, 5) is 76.5. The Bertz CT molecular complexity index is 2950. The Hall–Kier alpha value is -7.90. The first-order chi connectivity index (χ1) is 38.5. The minimum absolute atomic E-state index is 0.0213. The quantitative estimate of drug-likeness (QED) is 0.0689. The van der Waals surface area contributed by atoms with Gasteiger partial charge in [-0.05, 0) is 71.3 Å². The van der Waals surface area contributed by atoms with Crippen molar-refractivity contribution < 1.29 is 37.8 Å². The lowest BCUT2D eigenvalue weighted by Crippen LogP contribution is -2.36. The zero-order valence-corrected chi connectivity index (χ0v) is 47.7. The van der Waals surface area contributed by atoms with Gasteiger partial charge in [-0.15, -0.1) is 0 Å². The van der Waals surface area contributed by atoms with E-state index < -0.39 is 24.1 Å². The summed E-state index contributed by atoms with van der Waals surface area (Å²) in [5.74, 6) is 1.31. The number of benzene rings is 1. The largest absolute Gasteiger partial charge is 0.433 e. The van der Waals surface area contributed by atoms with Crippen molar-refractivity contribution in [3.05, 3.63) is 203 Å². The topological polar surface area (TPSA) is 205 Å². The standard InChI is InChI=1S/C22H20F3N3O2.C20H28N4O2.C20H28N4O/c23-22(24,25)20-9-8-17(12-27-20)11-21(30)28(14-16-5-2-1-3-6-16)15-19(29)18-7-4-10-26-13-18;1-5-9-24(14-17(25)16-7-6-8-21-13-16)18(26)10-15-11-22-19(23-12-15)20(2,3)4;1-5-10-24(11-8-16-7-6-9-21-13-16)18(25)12-17-14-22-19(23-15-17)20(2,3)4/h1-10,12-13,19,29H,11,14-15H2;6-8,11-13,17,25H,5,9-10,14H2,1-4H3;6-7,9,13-15H,5,8,10-12H2,1-4H3. The Morgan fingerprint density at radius 1 is 0.469 bits per heavy atom. The fourth-order valence-electron chi connectivity index (χ4n) is 8.08. The molecule has 6 aromatic heterocycles. The molecule has 0 aliphatic carbocycles. The zero-order valence-electron chi connectivity index (χ0n) is 47.7. The first kappa shape index (κ1) is 63.9. The molecule has 0 saturated heterocycles. The number of nitrogens with zero attached hydrogens (tertiary/aromatic N) is 11. The lowest BCUT2D eigenvalue weighted by molar-refractivity contribution is -0.141. The first-order valence-corrected chi connectivity index (χ1v) is 27.1. The molecule has 430 valence electrons. The predicted octanol–water partition coefficient (Wildman–Crippen LogP) is 9.68. The Morgan fingerprint density at radius 3 is 1.33 bits per heavy atom. The number of halogens is 3. The van der Waals surface area contributed by atoms with Crippen LogP contribution in [0.2, 0.25) is 0 Å². The van der Waals surface area contributed by atoms with Gasteiger partial charge in [0.05, 0.1) is 44.6 Å². The summed E-state index contributed by atoms with van der Waals surface area (Å²) in [6, 6.07) is 22.3. The van der Waals surface area contributed by atoms with E-state index in [0.29, 0.717) is 36.2 Å². The average Bonchev–Trinajstić information content (AvgIpc) is 3.45. The second kappa shape index (κ2) is 31.2. The number of pyridine rings is 4. The Morgan fingerprint density at radius 2 is 0.901 bits per heavy atom. The third kappa shape index (κ3) is 21.9. The van der Waals surface area contributed by atoms with Crippen LogP contribution in [-0.2, 0) is 63.6 Å². The number of aliphatic hydroxyl groups is 2. The number of alkyl halides is 3. The van der Waals surface area contributed by atoms with Crippen molar-refractivity contribution in [2.45, 2.75) is 130 Å². The summed E-state index contributed by atoms with van der Waals surface area (Å²) >= 11 is 0.